The second-order valence-corrected chi connectivity index (χ2v) is 5.45. The van der Waals surface area contributed by atoms with Crippen LogP contribution in [0.25, 0.3) is 11.3 Å². The van der Waals surface area contributed by atoms with Crippen molar-refractivity contribution < 1.29 is 9.90 Å². The number of benzene rings is 1. The minimum absolute atomic E-state index is 0.148. The molecule has 1 aromatic heterocycles. The molecule has 1 aliphatic rings. The van der Waals surface area contributed by atoms with Crippen LogP contribution in [0.15, 0.2) is 24.3 Å². The maximum Gasteiger partial charge on any atom is 0.254 e. The molecule has 1 fully saturated rings. The Morgan fingerprint density at radius 1 is 1.27 bits per heavy atom. The molecule has 0 spiro atoms. The van der Waals surface area contributed by atoms with E-state index in [4.69, 9.17) is 11.5 Å². The molecule has 0 saturated carbocycles. The van der Waals surface area contributed by atoms with E-state index in [1.54, 1.807) is 28.9 Å². The van der Waals surface area contributed by atoms with Crippen molar-refractivity contribution in [2.75, 3.05) is 18.8 Å². The van der Waals surface area contributed by atoms with Crippen molar-refractivity contribution in [3.8, 4) is 17.0 Å². The van der Waals surface area contributed by atoms with Crippen LogP contribution in [0.1, 0.15) is 29.2 Å². The Balaban J connectivity index is 2.08. The zero-order valence-electron chi connectivity index (χ0n) is 12.1. The van der Waals surface area contributed by atoms with Gasteiger partial charge < -0.3 is 21.9 Å². The monoisotopic (exact) mass is 301 g/mol. The van der Waals surface area contributed by atoms with Crippen molar-refractivity contribution in [3.05, 3.63) is 29.8 Å². The fourth-order valence-electron chi connectivity index (χ4n) is 2.84. The van der Waals surface area contributed by atoms with Crippen molar-refractivity contribution in [3.63, 3.8) is 0 Å². The van der Waals surface area contributed by atoms with Gasteiger partial charge in [0.05, 0.1) is 6.04 Å². The summed E-state index contributed by atoms with van der Waals surface area (Å²) in [5.41, 5.74) is 13.0. The van der Waals surface area contributed by atoms with Crippen LogP contribution in [0.4, 0.5) is 5.82 Å². The Kier molecular flexibility index (Phi) is 3.72. The quantitative estimate of drug-likeness (QED) is 0.670. The van der Waals surface area contributed by atoms with Crippen LogP contribution in [0.3, 0.4) is 0 Å². The Morgan fingerprint density at radius 3 is 2.50 bits per heavy atom. The number of aromatic nitrogens is 2. The maximum atomic E-state index is 11.8. The maximum absolute atomic E-state index is 11.8. The number of rotatable bonds is 3. The number of nitrogens with two attached hydrogens (primary N) is 2. The van der Waals surface area contributed by atoms with E-state index in [0.29, 0.717) is 17.1 Å². The van der Waals surface area contributed by atoms with Crippen LogP contribution in [0, 0.1) is 0 Å². The number of amides is 1. The van der Waals surface area contributed by atoms with E-state index in [-0.39, 0.29) is 17.4 Å². The first kappa shape index (κ1) is 14.4. The highest BCUT2D eigenvalue weighted by atomic mass is 16.3. The molecular formula is C15H19N5O2. The zero-order chi connectivity index (χ0) is 15.7. The number of primary amides is 1. The van der Waals surface area contributed by atoms with Gasteiger partial charge in [0.15, 0.2) is 0 Å². The van der Waals surface area contributed by atoms with Crippen LogP contribution < -0.4 is 16.8 Å². The lowest BCUT2D eigenvalue weighted by Crippen LogP contribution is -2.30. The number of nitrogens with one attached hydrogen (secondary N) is 1. The van der Waals surface area contributed by atoms with Gasteiger partial charge in [0.1, 0.15) is 22.8 Å². The number of aromatic hydroxyl groups is 1. The number of nitrogens with zero attached hydrogens (tertiary/aromatic N) is 2. The van der Waals surface area contributed by atoms with Crippen molar-refractivity contribution in [2.24, 2.45) is 5.73 Å². The summed E-state index contributed by atoms with van der Waals surface area (Å²) in [5, 5.41) is 17.2. The standard InChI is InChI=1S/C15H19N5O2/c16-14-12(15(17)22)13(9-1-3-11(21)4-2-9)19-20(14)10-5-7-18-8-6-10/h1-4,10,18,21H,5-8,16H2,(H2,17,22). The number of hydrogen-bond acceptors (Lipinski definition) is 5. The fourth-order valence-corrected chi connectivity index (χ4v) is 2.84. The average molecular weight is 301 g/mol. The minimum Gasteiger partial charge on any atom is -0.508 e. The summed E-state index contributed by atoms with van der Waals surface area (Å²) in [5.74, 6) is -0.140. The van der Waals surface area contributed by atoms with Crippen LogP contribution in [-0.2, 0) is 0 Å². The molecule has 2 heterocycles. The molecule has 0 aliphatic carbocycles. The molecule has 7 nitrogen and oxygen atoms in total. The predicted molar refractivity (Wildman–Crippen MR) is 83.4 cm³/mol. The highest BCUT2D eigenvalue weighted by molar-refractivity contribution is 6.03. The largest absolute Gasteiger partial charge is 0.508 e. The van der Waals surface area contributed by atoms with Crippen LogP contribution >= 0.6 is 0 Å². The number of phenols is 1. The molecule has 3 rings (SSSR count). The van der Waals surface area contributed by atoms with Gasteiger partial charge in [-0.15, -0.1) is 0 Å². The summed E-state index contributed by atoms with van der Waals surface area (Å²) in [6.07, 6.45) is 1.80. The van der Waals surface area contributed by atoms with Gasteiger partial charge in [-0.1, -0.05) is 0 Å². The normalized spacial score (nSPS) is 15.8. The molecule has 1 aliphatic heterocycles. The van der Waals surface area contributed by atoms with Crippen molar-refractivity contribution in [2.45, 2.75) is 18.9 Å². The van der Waals surface area contributed by atoms with E-state index >= 15 is 0 Å². The molecule has 22 heavy (non-hydrogen) atoms. The van der Waals surface area contributed by atoms with Gasteiger partial charge in [0, 0.05) is 5.56 Å². The number of carbonyl (C=O) groups excluding carboxylic acids is 1. The van der Waals surface area contributed by atoms with Crippen LogP contribution in [0.2, 0.25) is 0 Å². The van der Waals surface area contributed by atoms with Gasteiger partial charge in [-0.25, -0.2) is 4.68 Å². The molecule has 1 amide bonds. The second kappa shape index (κ2) is 5.69. The van der Waals surface area contributed by atoms with E-state index in [9.17, 15) is 9.90 Å². The first-order valence-electron chi connectivity index (χ1n) is 7.26. The van der Waals surface area contributed by atoms with Crippen molar-refractivity contribution in [1.29, 1.82) is 0 Å². The lowest BCUT2D eigenvalue weighted by Gasteiger charge is -2.23. The van der Waals surface area contributed by atoms with Gasteiger partial charge in [-0.2, -0.15) is 5.10 Å². The van der Waals surface area contributed by atoms with Gasteiger partial charge in [0.2, 0.25) is 0 Å². The topological polar surface area (TPSA) is 119 Å². The third kappa shape index (κ3) is 2.50. The number of phenolic OH excluding ortho intramolecular Hbond substituents is 1. The van der Waals surface area contributed by atoms with Gasteiger partial charge in [-0.3, -0.25) is 4.79 Å². The van der Waals surface area contributed by atoms with Crippen molar-refractivity contribution >= 4 is 11.7 Å². The van der Waals surface area contributed by atoms with Gasteiger partial charge >= 0.3 is 0 Å². The summed E-state index contributed by atoms with van der Waals surface area (Å²) in [4.78, 5) is 11.8. The smallest absolute Gasteiger partial charge is 0.254 e. The second-order valence-electron chi connectivity index (χ2n) is 5.45. The first-order chi connectivity index (χ1) is 10.6. The third-order valence-corrected chi connectivity index (χ3v) is 3.99. The SMILES string of the molecule is NC(=O)c1c(-c2ccc(O)cc2)nn(C2CCNCC2)c1N. The number of hydrogen-bond donors (Lipinski definition) is 4. The molecule has 7 heteroatoms. The lowest BCUT2D eigenvalue weighted by atomic mass is 10.1. The molecule has 6 N–H and O–H groups in total. The van der Waals surface area contributed by atoms with E-state index in [0.717, 1.165) is 25.9 Å². The van der Waals surface area contributed by atoms with E-state index in [1.165, 1.54) is 0 Å². The third-order valence-electron chi connectivity index (χ3n) is 3.99. The molecule has 0 bridgehead atoms. The van der Waals surface area contributed by atoms with E-state index in [2.05, 4.69) is 10.4 Å². The molecule has 0 atom stereocenters. The molecule has 2 aromatic rings. The Hall–Kier alpha value is -2.54. The molecule has 0 radical (unpaired) electrons. The lowest BCUT2D eigenvalue weighted by molar-refractivity contribution is 0.100. The first-order valence-corrected chi connectivity index (χ1v) is 7.26. The summed E-state index contributed by atoms with van der Waals surface area (Å²) in [7, 11) is 0. The highest BCUT2D eigenvalue weighted by Crippen LogP contribution is 2.32. The molecule has 1 saturated heterocycles. The van der Waals surface area contributed by atoms with Gasteiger partial charge in [0.25, 0.3) is 5.91 Å². The van der Waals surface area contributed by atoms with Crippen LogP contribution in [0.5, 0.6) is 5.75 Å². The molecule has 0 unspecified atom stereocenters. The molecular weight excluding hydrogens is 282 g/mol. The average Bonchev–Trinajstić information content (AvgIpc) is 2.86. The van der Waals surface area contributed by atoms with Crippen LogP contribution in [-0.4, -0.2) is 33.9 Å². The number of nitrogen functional groups attached to an aromatic ring is 1. The Labute approximate surface area is 127 Å². The minimum atomic E-state index is -0.597. The van der Waals surface area contributed by atoms with E-state index < -0.39 is 5.91 Å². The number of piperidine rings is 1. The summed E-state index contributed by atoms with van der Waals surface area (Å²) in [6, 6.07) is 6.62. The summed E-state index contributed by atoms with van der Waals surface area (Å²) < 4.78 is 1.71. The zero-order valence-corrected chi connectivity index (χ0v) is 12.1. The van der Waals surface area contributed by atoms with E-state index in [1.807, 2.05) is 0 Å². The number of carbonyl (C=O) groups is 1. The fraction of sp³-hybridized carbons (Fsp3) is 0.333. The predicted octanol–water partition coefficient (Wildman–Crippen LogP) is 0.861. The van der Waals surface area contributed by atoms with Gasteiger partial charge in [-0.05, 0) is 50.2 Å². The van der Waals surface area contributed by atoms with Crippen molar-refractivity contribution in [1.82, 2.24) is 15.1 Å². The summed E-state index contributed by atoms with van der Waals surface area (Å²) in [6.45, 7) is 1.79. The molecule has 1 aromatic carbocycles. The highest BCUT2D eigenvalue weighted by Gasteiger charge is 2.26. The number of anilines is 1. The Bertz CT molecular complexity index is 687. The Morgan fingerprint density at radius 2 is 1.91 bits per heavy atom. The molecule has 116 valence electrons. The summed E-state index contributed by atoms with van der Waals surface area (Å²) >= 11 is 0.